The van der Waals surface area contributed by atoms with E-state index in [-0.39, 0.29) is 5.97 Å². The Morgan fingerprint density at radius 3 is 2.63 bits per heavy atom. The van der Waals surface area contributed by atoms with Crippen molar-refractivity contribution in [1.29, 1.82) is 0 Å². The maximum absolute atomic E-state index is 12.1. The molecule has 184 valence electrons. The SMILES string of the molecule is CCOC(Cc1ccc(OCCc2nc(-c3ccc(OC)cc3)oc2C)c2ccsc12)C(=O)OC. The molecule has 8 heteroatoms. The summed E-state index contributed by atoms with van der Waals surface area (Å²) in [6.45, 7) is 4.68. The number of fused-ring (bicyclic) bond motifs is 1. The number of esters is 1. The number of ether oxygens (including phenoxy) is 4. The van der Waals surface area contributed by atoms with Crippen LogP contribution in [0, 0.1) is 6.92 Å². The van der Waals surface area contributed by atoms with Gasteiger partial charge in [-0.15, -0.1) is 11.3 Å². The monoisotopic (exact) mass is 495 g/mol. The number of methoxy groups -OCH3 is 2. The molecule has 4 aromatic rings. The fourth-order valence-corrected chi connectivity index (χ4v) is 4.84. The zero-order valence-corrected chi connectivity index (χ0v) is 21.1. The molecular weight excluding hydrogens is 466 g/mol. The standard InChI is InChI=1S/C27H29NO6S/c1-5-32-24(27(29)31-4)16-19-8-11-23(21-13-15-35-25(19)21)33-14-12-22-17(2)34-26(28-22)18-6-9-20(30-3)10-7-18/h6-11,13,15,24H,5,12,14,16H2,1-4H3. The maximum atomic E-state index is 12.1. The average Bonchev–Trinajstić information content (AvgIpc) is 3.52. The molecule has 0 N–H and O–H groups in total. The molecule has 2 aromatic heterocycles. The molecule has 35 heavy (non-hydrogen) atoms. The van der Waals surface area contributed by atoms with Gasteiger partial charge in [-0.2, -0.15) is 0 Å². The normalized spacial score (nSPS) is 12.0. The van der Waals surface area contributed by atoms with Crippen LogP contribution < -0.4 is 9.47 Å². The Labute approximate surface area is 208 Å². The first-order chi connectivity index (χ1) is 17.0. The van der Waals surface area contributed by atoms with Crippen molar-refractivity contribution in [3.8, 4) is 23.0 Å². The van der Waals surface area contributed by atoms with Crippen LogP contribution in [0.3, 0.4) is 0 Å². The molecular formula is C27H29NO6S. The van der Waals surface area contributed by atoms with Gasteiger partial charge in [-0.3, -0.25) is 0 Å². The molecule has 0 saturated carbocycles. The fourth-order valence-electron chi connectivity index (χ4n) is 3.90. The third-order valence-corrected chi connectivity index (χ3v) is 6.71. The van der Waals surface area contributed by atoms with Gasteiger partial charge in [0.15, 0.2) is 6.10 Å². The van der Waals surface area contributed by atoms with E-state index in [1.807, 2.05) is 61.7 Å². The highest BCUT2D eigenvalue weighted by molar-refractivity contribution is 7.17. The second-order valence-corrected chi connectivity index (χ2v) is 8.82. The van der Waals surface area contributed by atoms with Gasteiger partial charge in [0.1, 0.15) is 17.3 Å². The molecule has 2 aromatic carbocycles. The van der Waals surface area contributed by atoms with Gasteiger partial charge in [0.2, 0.25) is 5.89 Å². The maximum Gasteiger partial charge on any atom is 0.335 e. The molecule has 0 radical (unpaired) electrons. The van der Waals surface area contributed by atoms with Crippen LogP contribution >= 0.6 is 11.3 Å². The molecule has 4 rings (SSSR count). The predicted molar refractivity (Wildman–Crippen MR) is 135 cm³/mol. The summed E-state index contributed by atoms with van der Waals surface area (Å²) in [6, 6.07) is 13.6. The number of aromatic nitrogens is 1. The Morgan fingerprint density at radius 1 is 1.11 bits per heavy atom. The summed E-state index contributed by atoms with van der Waals surface area (Å²) in [6.07, 6.45) is 0.439. The summed E-state index contributed by atoms with van der Waals surface area (Å²) in [5.41, 5.74) is 2.79. The van der Waals surface area contributed by atoms with Gasteiger partial charge in [-0.25, -0.2) is 9.78 Å². The largest absolute Gasteiger partial charge is 0.497 e. The Morgan fingerprint density at radius 2 is 1.91 bits per heavy atom. The lowest BCUT2D eigenvalue weighted by atomic mass is 10.1. The Bertz CT molecular complexity index is 1280. The Hall–Kier alpha value is -3.36. The van der Waals surface area contributed by atoms with Crippen molar-refractivity contribution in [2.24, 2.45) is 0 Å². The zero-order chi connectivity index (χ0) is 24.8. The average molecular weight is 496 g/mol. The molecule has 0 amide bonds. The molecule has 0 aliphatic carbocycles. The Kier molecular flexibility index (Phi) is 8.05. The summed E-state index contributed by atoms with van der Waals surface area (Å²) in [5, 5.41) is 3.04. The summed E-state index contributed by atoms with van der Waals surface area (Å²) < 4.78 is 28.8. The van der Waals surface area contributed by atoms with E-state index in [1.165, 1.54) is 7.11 Å². The van der Waals surface area contributed by atoms with Crippen molar-refractivity contribution >= 4 is 27.4 Å². The molecule has 0 aliphatic heterocycles. The van der Waals surface area contributed by atoms with Crippen LogP contribution in [-0.4, -0.2) is 44.5 Å². The van der Waals surface area contributed by atoms with Crippen LogP contribution in [-0.2, 0) is 27.1 Å². The van der Waals surface area contributed by atoms with Crippen molar-refractivity contribution in [2.75, 3.05) is 27.4 Å². The number of hydrogen-bond acceptors (Lipinski definition) is 8. The number of carbonyl (C=O) groups is 1. The highest BCUT2D eigenvalue weighted by Crippen LogP contribution is 2.34. The molecule has 0 aliphatic rings. The van der Waals surface area contributed by atoms with E-state index in [2.05, 4.69) is 4.98 Å². The van der Waals surface area contributed by atoms with E-state index < -0.39 is 6.10 Å². The lowest BCUT2D eigenvalue weighted by Gasteiger charge is -2.16. The third-order valence-electron chi connectivity index (χ3n) is 5.72. The number of carbonyl (C=O) groups excluding carboxylic acids is 1. The summed E-state index contributed by atoms with van der Waals surface area (Å²) in [5.74, 6) is 2.58. The Balaban J connectivity index is 1.44. The quantitative estimate of drug-likeness (QED) is 0.250. The molecule has 0 spiro atoms. The van der Waals surface area contributed by atoms with Gasteiger partial charge >= 0.3 is 5.97 Å². The first-order valence-corrected chi connectivity index (χ1v) is 12.3. The van der Waals surface area contributed by atoms with Gasteiger partial charge in [0.05, 0.1) is 26.5 Å². The second-order valence-electron chi connectivity index (χ2n) is 7.91. The zero-order valence-electron chi connectivity index (χ0n) is 20.3. The van der Waals surface area contributed by atoms with Crippen molar-refractivity contribution in [3.63, 3.8) is 0 Å². The fraction of sp³-hybridized carbons (Fsp3) is 0.333. The van der Waals surface area contributed by atoms with Gasteiger partial charge < -0.3 is 23.4 Å². The number of benzene rings is 2. The van der Waals surface area contributed by atoms with E-state index in [0.29, 0.717) is 31.9 Å². The highest BCUT2D eigenvalue weighted by atomic mass is 32.1. The van der Waals surface area contributed by atoms with E-state index >= 15 is 0 Å². The minimum absolute atomic E-state index is 0.367. The van der Waals surface area contributed by atoms with E-state index in [1.54, 1.807) is 18.4 Å². The van der Waals surface area contributed by atoms with E-state index in [9.17, 15) is 4.79 Å². The number of aryl methyl sites for hydroxylation is 1. The third kappa shape index (κ3) is 5.66. The number of nitrogens with zero attached hydrogens (tertiary/aromatic N) is 1. The summed E-state index contributed by atoms with van der Waals surface area (Å²) >= 11 is 1.62. The number of rotatable bonds is 11. The molecule has 2 heterocycles. The number of oxazole rings is 1. The smallest absolute Gasteiger partial charge is 0.335 e. The first-order valence-electron chi connectivity index (χ1n) is 11.5. The predicted octanol–water partition coefficient (Wildman–Crippen LogP) is 5.62. The molecule has 7 nitrogen and oxygen atoms in total. The minimum atomic E-state index is -0.628. The van der Waals surface area contributed by atoms with E-state index in [4.69, 9.17) is 23.4 Å². The van der Waals surface area contributed by atoms with Crippen molar-refractivity contribution in [1.82, 2.24) is 4.98 Å². The second kappa shape index (κ2) is 11.4. The van der Waals surface area contributed by atoms with Crippen molar-refractivity contribution in [3.05, 3.63) is 64.9 Å². The summed E-state index contributed by atoms with van der Waals surface area (Å²) in [4.78, 5) is 16.7. The molecule has 0 bridgehead atoms. The topological polar surface area (TPSA) is 80.0 Å². The number of hydrogen-bond donors (Lipinski definition) is 0. The van der Waals surface area contributed by atoms with Crippen LogP contribution in [0.1, 0.15) is 23.9 Å². The lowest BCUT2D eigenvalue weighted by Crippen LogP contribution is -2.28. The van der Waals surface area contributed by atoms with Crippen LogP contribution in [0.2, 0.25) is 0 Å². The van der Waals surface area contributed by atoms with Gasteiger partial charge in [-0.05, 0) is 61.2 Å². The molecule has 0 fully saturated rings. The van der Waals surface area contributed by atoms with E-state index in [0.717, 1.165) is 44.2 Å². The van der Waals surface area contributed by atoms with Crippen LogP contribution in [0.15, 0.2) is 52.3 Å². The summed E-state index contributed by atoms with van der Waals surface area (Å²) in [7, 11) is 3.02. The number of thiophene rings is 1. The van der Waals surface area contributed by atoms with Crippen molar-refractivity contribution in [2.45, 2.75) is 32.8 Å². The van der Waals surface area contributed by atoms with Crippen molar-refractivity contribution < 1.29 is 28.2 Å². The van der Waals surface area contributed by atoms with Crippen LogP contribution in [0.4, 0.5) is 0 Å². The lowest BCUT2D eigenvalue weighted by molar-refractivity contribution is -0.153. The minimum Gasteiger partial charge on any atom is -0.497 e. The van der Waals surface area contributed by atoms with Gasteiger partial charge in [0.25, 0.3) is 0 Å². The molecule has 1 unspecified atom stereocenters. The van der Waals surface area contributed by atoms with Crippen LogP contribution in [0.5, 0.6) is 11.5 Å². The van der Waals surface area contributed by atoms with Gasteiger partial charge in [-0.1, -0.05) is 6.07 Å². The highest BCUT2D eigenvalue weighted by Gasteiger charge is 2.22. The molecule has 0 saturated heterocycles. The van der Waals surface area contributed by atoms with Gasteiger partial charge in [0, 0.05) is 35.1 Å². The molecule has 1 atom stereocenters. The van der Waals surface area contributed by atoms with Crippen LogP contribution in [0.25, 0.3) is 21.5 Å². The first kappa shape index (κ1) is 24.8.